The second kappa shape index (κ2) is 4.68. The first-order chi connectivity index (χ1) is 9.13. The van der Waals surface area contributed by atoms with Crippen LogP contribution in [0.4, 0.5) is 0 Å². The van der Waals surface area contributed by atoms with Crippen molar-refractivity contribution in [2.45, 2.75) is 6.92 Å². The van der Waals surface area contributed by atoms with Crippen molar-refractivity contribution in [3.05, 3.63) is 40.4 Å². The molecule has 0 saturated carbocycles. The highest BCUT2D eigenvalue weighted by atomic mass is 35.5. The average Bonchev–Trinajstić information content (AvgIpc) is 2.82. The number of nitrogens with zero attached hydrogens (tertiary/aromatic N) is 3. The minimum absolute atomic E-state index is 0.0679. The molecule has 0 fully saturated rings. The van der Waals surface area contributed by atoms with Crippen LogP contribution in [0.5, 0.6) is 11.6 Å². The van der Waals surface area contributed by atoms with Crippen LogP contribution in [0.2, 0.25) is 10.3 Å². The van der Waals surface area contributed by atoms with Crippen molar-refractivity contribution >= 4 is 34.4 Å². The average molecular weight is 295 g/mol. The van der Waals surface area contributed by atoms with Crippen LogP contribution in [0.1, 0.15) is 5.56 Å². The number of fused-ring (bicyclic) bond motifs is 1. The monoisotopic (exact) mass is 294 g/mol. The quantitative estimate of drug-likeness (QED) is 0.731. The van der Waals surface area contributed by atoms with Crippen LogP contribution < -0.4 is 4.74 Å². The molecule has 2 heterocycles. The Balaban J connectivity index is 2.10. The maximum absolute atomic E-state index is 6.08. The van der Waals surface area contributed by atoms with Gasteiger partial charge in [0.1, 0.15) is 11.3 Å². The van der Waals surface area contributed by atoms with Gasteiger partial charge in [-0.3, -0.25) is 0 Å². The Bertz CT molecular complexity index is 757. The summed E-state index contributed by atoms with van der Waals surface area (Å²) in [5.41, 5.74) is 2.04. The van der Waals surface area contributed by atoms with Gasteiger partial charge in [0.05, 0.1) is 11.3 Å². The smallest absolute Gasteiger partial charge is 0.250 e. The molecule has 0 aliphatic heterocycles. The Labute approximate surface area is 118 Å². The van der Waals surface area contributed by atoms with E-state index in [9.17, 15) is 0 Å². The van der Waals surface area contributed by atoms with Crippen LogP contribution >= 0.6 is 23.2 Å². The van der Waals surface area contributed by atoms with Crippen molar-refractivity contribution in [1.29, 1.82) is 0 Å². The number of benzene rings is 1. The minimum atomic E-state index is 0.0679. The summed E-state index contributed by atoms with van der Waals surface area (Å²) >= 11 is 11.9. The summed E-state index contributed by atoms with van der Waals surface area (Å²) in [7, 11) is 0. The van der Waals surface area contributed by atoms with Crippen LogP contribution in [-0.2, 0) is 0 Å². The zero-order valence-electron chi connectivity index (χ0n) is 9.82. The van der Waals surface area contributed by atoms with Crippen molar-refractivity contribution in [3.8, 4) is 11.6 Å². The number of nitrogens with one attached hydrogen (secondary N) is 1. The van der Waals surface area contributed by atoms with E-state index < -0.39 is 0 Å². The molecule has 0 atom stereocenters. The summed E-state index contributed by atoms with van der Waals surface area (Å²) in [5.74, 6) is 0.798. The van der Waals surface area contributed by atoms with Crippen molar-refractivity contribution in [3.63, 3.8) is 0 Å². The molecule has 0 saturated heterocycles. The molecule has 1 aromatic carbocycles. The minimum Gasteiger partial charge on any atom is -0.435 e. The maximum Gasteiger partial charge on any atom is 0.250 e. The molecule has 2 aromatic heterocycles. The molecule has 7 heteroatoms. The van der Waals surface area contributed by atoms with Gasteiger partial charge in [0.15, 0.2) is 5.65 Å². The SMILES string of the molecule is Cc1ccc(Cl)c(Oc2nc(Cl)nc3nc[nH]c23)c1. The van der Waals surface area contributed by atoms with Gasteiger partial charge < -0.3 is 9.72 Å². The predicted octanol–water partition coefficient (Wildman–Crippen LogP) is 3.76. The summed E-state index contributed by atoms with van der Waals surface area (Å²) in [4.78, 5) is 14.9. The summed E-state index contributed by atoms with van der Waals surface area (Å²) in [6, 6.07) is 5.48. The fourth-order valence-electron chi connectivity index (χ4n) is 1.65. The Hall–Kier alpha value is -1.85. The Morgan fingerprint density at radius 2 is 2.05 bits per heavy atom. The van der Waals surface area contributed by atoms with Gasteiger partial charge in [0.25, 0.3) is 0 Å². The summed E-state index contributed by atoms with van der Waals surface area (Å²) < 4.78 is 5.70. The van der Waals surface area contributed by atoms with Crippen molar-refractivity contribution in [2.75, 3.05) is 0 Å². The van der Waals surface area contributed by atoms with Crippen LogP contribution in [0.15, 0.2) is 24.5 Å². The first-order valence-electron chi connectivity index (χ1n) is 5.44. The molecule has 3 aromatic rings. The zero-order chi connectivity index (χ0) is 13.4. The van der Waals surface area contributed by atoms with Crippen LogP contribution in [0, 0.1) is 6.92 Å². The van der Waals surface area contributed by atoms with E-state index in [1.165, 1.54) is 6.33 Å². The largest absolute Gasteiger partial charge is 0.435 e. The lowest BCUT2D eigenvalue weighted by Crippen LogP contribution is -1.93. The summed E-state index contributed by atoms with van der Waals surface area (Å²) in [5, 5.41) is 0.561. The molecule has 1 N–H and O–H groups in total. The second-order valence-electron chi connectivity index (χ2n) is 3.93. The molecule has 5 nitrogen and oxygen atoms in total. The number of hydrogen-bond acceptors (Lipinski definition) is 4. The van der Waals surface area contributed by atoms with Gasteiger partial charge in [-0.15, -0.1) is 0 Å². The molecule has 19 heavy (non-hydrogen) atoms. The third kappa shape index (κ3) is 2.34. The van der Waals surface area contributed by atoms with Gasteiger partial charge in [-0.1, -0.05) is 17.7 Å². The van der Waals surface area contributed by atoms with Gasteiger partial charge in [0, 0.05) is 0 Å². The summed E-state index contributed by atoms with van der Waals surface area (Å²) in [6.07, 6.45) is 1.50. The van der Waals surface area contributed by atoms with Gasteiger partial charge in [-0.05, 0) is 36.2 Å². The van der Waals surface area contributed by atoms with E-state index >= 15 is 0 Å². The molecule has 0 spiro atoms. The number of halogens is 2. The summed E-state index contributed by atoms with van der Waals surface area (Å²) in [6.45, 7) is 1.95. The lowest BCUT2D eigenvalue weighted by molar-refractivity contribution is 0.467. The normalized spacial score (nSPS) is 10.9. The zero-order valence-corrected chi connectivity index (χ0v) is 11.3. The lowest BCUT2D eigenvalue weighted by atomic mass is 10.2. The number of aryl methyl sites for hydroxylation is 1. The molecule has 0 radical (unpaired) electrons. The van der Waals surface area contributed by atoms with Gasteiger partial charge >= 0.3 is 0 Å². The number of ether oxygens (including phenoxy) is 1. The topological polar surface area (TPSA) is 63.7 Å². The van der Waals surface area contributed by atoms with Gasteiger partial charge in [-0.25, -0.2) is 4.98 Å². The molecule has 0 unspecified atom stereocenters. The highest BCUT2D eigenvalue weighted by Crippen LogP contribution is 2.32. The van der Waals surface area contributed by atoms with Gasteiger partial charge in [-0.2, -0.15) is 9.97 Å². The van der Waals surface area contributed by atoms with E-state index in [4.69, 9.17) is 27.9 Å². The number of rotatable bonds is 2. The van der Waals surface area contributed by atoms with E-state index in [-0.39, 0.29) is 5.28 Å². The van der Waals surface area contributed by atoms with Crippen molar-refractivity contribution in [2.24, 2.45) is 0 Å². The molecular weight excluding hydrogens is 287 g/mol. The number of aromatic nitrogens is 4. The van der Waals surface area contributed by atoms with Crippen LogP contribution in [0.25, 0.3) is 11.2 Å². The molecule has 0 bridgehead atoms. The maximum atomic E-state index is 6.08. The molecular formula is C12H8Cl2N4O. The second-order valence-corrected chi connectivity index (χ2v) is 4.68. The predicted molar refractivity (Wildman–Crippen MR) is 73.0 cm³/mol. The fraction of sp³-hybridized carbons (Fsp3) is 0.0833. The fourth-order valence-corrected chi connectivity index (χ4v) is 1.96. The first-order valence-corrected chi connectivity index (χ1v) is 6.20. The molecule has 96 valence electrons. The highest BCUT2D eigenvalue weighted by molar-refractivity contribution is 6.32. The van der Waals surface area contributed by atoms with E-state index in [1.54, 1.807) is 6.07 Å². The van der Waals surface area contributed by atoms with Gasteiger partial charge in [0.2, 0.25) is 11.2 Å². The van der Waals surface area contributed by atoms with Crippen molar-refractivity contribution in [1.82, 2.24) is 19.9 Å². The molecule has 0 aliphatic rings. The Morgan fingerprint density at radius 1 is 1.21 bits per heavy atom. The first kappa shape index (κ1) is 12.2. The standard InChI is InChI=1S/C12H8Cl2N4O/c1-6-2-3-7(13)8(4-6)19-11-9-10(16-5-15-9)17-12(14)18-11/h2-5H,1H3,(H,15,16,17,18). The third-order valence-corrected chi connectivity index (χ3v) is 3.00. The van der Waals surface area contributed by atoms with Crippen LogP contribution in [0.3, 0.4) is 0 Å². The number of imidazole rings is 1. The molecule has 0 amide bonds. The Morgan fingerprint density at radius 3 is 2.89 bits per heavy atom. The number of H-pyrrole nitrogens is 1. The van der Waals surface area contributed by atoms with E-state index in [2.05, 4.69) is 19.9 Å². The third-order valence-electron chi connectivity index (χ3n) is 2.52. The molecule has 3 rings (SSSR count). The lowest BCUT2D eigenvalue weighted by Gasteiger charge is -2.08. The number of hydrogen-bond donors (Lipinski definition) is 1. The van der Waals surface area contributed by atoms with E-state index in [0.717, 1.165) is 5.56 Å². The highest BCUT2D eigenvalue weighted by Gasteiger charge is 2.12. The Kier molecular flexibility index (Phi) is 3.00. The van der Waals surface area contributed by atoms with Crippen LogP contribution in [-0.4, -0.2) is 19.9 Å². The van der Waals surface area contributed by atoms with Crippen molar-refractivity contribution < 1.29 is 4.74 Å². The molecule has 0 aliphatic carbocycles. The van der Waals surface area contributed by atoms with E-state index in [1.807, 2.05) is 19.1 Å². The van der Waals surface area contributed by atoms with E-state index in [0.29, 0.717) is 27.8 Å². The number of aromatic amines is 1.